The highest BCUT2D eigenvalue weighted by molar-refractivity contribution is 4.65. The van der Waals surface area contributed by atoms with Gasteiger partial charge < -0.3 is 19.7 Å². The van der Waals surface area contributed by atoms with Crippen molar-refractivity contribution in [3.63, 3.8) is 0 Å². The molecule has 4 heteroatoms. The summed E-state index contributed by atoms with van der Waals surface area (Å²) >= 11 is 0. The second kappa shape index (κ2) is 5.49. The summed E-state index contributed by atoms with van der Waals surface area (Å²) in [7, 11) is 0. The molecule has 0 atom stereocenters. The van der Waals surface area contributed by atoms with E-state index in [0.29, 0.717) is 13.2 Å². The number of hydrogen-bond donors (Lipinski definition) is 2. The molecule has 11 heavy (non-hydrogen) atoms. The number of hydrogen-bond acceptors (Lipinski definition) is 4. The van der Waals surface area contributed by atoms with Crippen molar-refractivity contribution in [3.8, 4) is 0 Å². The molecule has 0 saturated carbocycles. The predicted molar refractivity (Wildman–Crippen MR) is 39.9 cm³/mol. The van der Waals surface area contributed by atoms with Gasteiger partial charge in [0.15, 0.2) is 0 Å². The fraction of sp³-hybridized carbons (Fsp3) is 1.00. The molecule has 0 aromatic heterocycles. The topological polar surface area (TPSA) is 58.9 Å². The van der Waals surface area contributed by atoms with Crippen LogP contribution in [0.5, 0.6) is 0 Å². The van der Waals surface area contributed by atoms with Crippen LogP contribution in [-0.4, -0.2) is 37.0 Å². The SMILES string of the molecule is CC(C)(COCO)COCO. The monoisotopic (exact) mass is 164 g/mol. The summed E-state index contributed by atoms with van der Waals surface area (Å²) in [5.74, 6) is 0. The van der Waals surface area contributed by atoms with Crippen LogP contribution in [-0.2, 0) is 9.47 Å². The van der Waals surface area contributed by atoms with E-state index in [1.165, 1.54) is 0 Å². The van der Waals surface area contributed by atoms with Gasteiger partial charge in [-0.15, -0.1) is 0 Å². The van der Waals surface area contributed by atoms with Gasteiger partial charge >= 0.3 is 0 Å². The Morgan fingerprint density at radius 2 is 1.36 bits per heavy atom. The molecule has 0 amide bonds. The smallest absolute Gasteiger partial charge is 0.143 e. The molecule has 0 aliphatic rings. The molecule has 0 heterocycles. The average molecular weight is 164 g/mol. The highest BCUT2D eigenvalue weighted by Gasteiger charge is 2.17. The van der Waals surface area contributed by atoms with Gasteiger partial charge in [0.2, 0.25) is 0 Å². The standard InChI is InChI=1S/C7H16O4/c1-7(2,3-10-5-8)4-11-6-9/h8-9H,3-6H2,1-2H3. The zero-order valence-corrected chi connectivity index (χ0v) is 7.04. The van der Waals surface area contributed by atoms with E-state index in [9.17, 15) is 0 Å². The minimum absolute atomic E-state index is 0.161. The van der Waals surface area contributed by atoms with Crippen molar-refractivity contribution in [2.24, 2.45) is 5.41 Å². The molecule has 0 aliphatic heterocycles. The molecule has 4 nitrogen and oxygen atoms in total. The molecular formula is C7H16O4. The summed E-state index contributed by atoms with van der Waals surface area (Å²) in [4.78, 5) is 0. The van der Waals surface area contributed by atoms with Crippen LogP contribution in [0.1, 0.15) is 13.8 Å². The lowest BCUT2D eigenvalue weighted by molar-refractivity contribution is -0.0825. The van der Waals surface area contributed by atoms with Gasteiger partial charge in [-0.05, 0) is 0 Å². The van der Waals surface area contributed by atoms with Crippen LogP contribution < -0.4 is 0 Å². The van der Waals surface area contributed by atoms with Gasteiger partial charge in [-0.2, -0.15) is 0 Å². The van der Waals surface area contributed by atoms with Crippen LogP contribution in [0.25, 0.3) is 0 Å². The summed E-state index contributed by atoms with van der Waals surface area (Å²) in [6, 6.07) is 0. The lowest BCUT2D eigenvalue weighted by Crippen LogP contribution is -2.26. The van der Waals surface area contributed by atoms with Crippen LogP contribution in [0.2, 0.25) is 0 Å². The molecule has 0 saturated heterocycles. The Hall–Kier alpha value is -0.160. The molecule has 0 fully saturated rings. The van der Waals surface area contributed by atoms with E-state index in [0.717, 1.165) is 0 Å². The first-order valence-electron chi connectivity index (χ1n) is 3.49. The van der Waals surface area contributed by atoms with Crippen LogP contribution in [0.4, 0.5) is 0 Å². The minimum Gasteiger partial charge on any atom is -0.371 e. The molecule has 0 aromatic carbocycles. The molecule has 2 N–H and O–H groups in total. The third kappa shape index (κ3) is 6.25. The number of aliphatic hydroxyl groups excluding tert-OH is 2. The van der Waals surface area contributed by atoms with Gasteiger partial charge in [-0.1, -0.05) is 13.8 Å². The number of ether oxygens (including phenoxy) is 2. The highest BCUT2D eigenvalue weighted by Crippen LogP contribution is 2.15. The van der Waals surface area contributed by atoms with Crippen molar-refractivity contribution in [3.05, 3.63) is 0 Å². The molecule has 0 radical (unpaired) electrons. The van der Waals surface area contributed by atoms with E-state index in [-0.39, 0.29) is 19.0 Å². The summed E-state index contributed by atoms with van der Waals surface area (Å²) < 4.78 is 9.58. The maximum Gasteiger partial charge on any atom is 0.143 e. The minimum atomic E-state index is -0.275. The molecule has 0 bridgehead atoms. The maximum atomic E-state index is 8.34. The molecular weight excluding hydrogens is 148 g/mol. The van der Waals surface area contributed by atoms with E-state index >= 15 is 0 Å². The predicted octanol–water partition coefficient (Wildman–Crippen LogP) is -0.0546. The van der Waals surface area contributed by atoms with Gasteiger partial charge in [0.1, 0.15) is 13.6 Å². The molecule has 0 aromatic rings. The zero-order chi connectivity index (χ0) is 8.74. The first kappa shape index (κ1) is 10.8. The lowest BCUT2D eigenvalue weighted by atomic mass is 9.96. The zero-order valence-electron chi connectivity index (χ0n) is 7.04. The van der Waals surface area contributed by atoms with Gasteiger partial charge in [0, 0.05) is 5.41 Å². The summed E-state index contributed by atoms with van der Waals surface area (Å²) in [6.07, 6.45) is 0. The third-order valence-corrected chi connectivity index (χ3v) is 1.17. The van der Waals surface area contributed by atoms with Crippen molar-refractivity contribution in [2.45, 2.75) is 13.8 Å². The third-order valence-electron chi connectivity index (χ3n) is 1.17. The van der Waals surface area contributed by atoms with Crippen LogP contribution in [0.3, 0.4) is 0 Å². The Morgan fingerprint density at radius 1 is 1.00 bits per heavy atom. The van der Waals surface area contributed by atoms with Gasteiger partial charge in [-0.3, -0.25) is 0 Å². The van der Waals surface area contributed by atoms with E-state index in [4.69, 9.17) is 19.7 Å². The first-order chi connectivity index (χ1) is 5.12. The van der Waals surface area contributed by atoms with Gasteiger partial charge in [0.25, 0.3) is 0 Å². The Bertz CT molecular complexity index is 82.4. The largest absolute Gasteiger partial charge is 0.371 e. The quantitative estimate of drug-likeness (QED) is 0.540. The van der Waals surface area contributed by atoms with E-state index in [2.05, 4.69) is 0 Å². The van der Waals surface area contributed by atoms with Crippen molar-refractivity contribution < 1.29 is 19.7 Å². The van der Waals surface area contributed by atoms with Gasteiger partial charge in [0.05, 0.1) is 13.2 Å². The molecule has 0 rings (SSSR count). The van der Waals surface area contributed by atoms with Gasteiger partial charge in [-0.25, -0.2) is 0 Å². The molecule has 0 spiro atoms. The fourth-order valence-electron chi connectivity index (χ4n) is 0.686. The molecule has 0 aliphatic carbocycles. The maximum absolute atomic E-state index is 8.34. The second-order valence-electron chi connectivity index (χ2n) is 3.12. The average Bonchev–Trinajstić information content (AvgIpc) is 1.97. The Morgan fingerprint density at radius 3 is 1.64 bits per heavy atom. The summed E-state index contributed by atoms with van der Waals surface area (Å²) in [5.41, 5.74) is -0.161. The Balaban J connectivity index is 3.43. The highest BCUT2D eigenvalue weighted by atomic mass is 16.6. The first-order valence-corrected chi connectivity index (χ1v) is 3.49. The fourth-order valence-corrected chi connectivity index (χ4v) is 0.686. The van der Waals surface area contributed by atoms with Crippen LogP contribution in [0.15, 0.2) is 0 Å². The molecule has 68 valence electrons. The van der Waals surface area contributed by atoms with E-state index in [1.807, 2.05) is 13.8 Å². The normalized spacial score (nSPS) is 12.0. The van der Waals surface area contributed by atoms with Crippen molar-refractivity contribution in [2.75, 3.05) is 26.8 Å². The van der Waals surface area contributed by atoms with Crippen LogP contribution >= 0.6 is 0 Å². The Labute approximate surface area is 66.7 Å². The Kier molecular flexibility index (Phi) is 5.41. The second-order valence-corrected chi connectivity index (χ2v) is 3.12. The van der Waals surface area contributed by atoms with Crippen molar-refractivity contribution in [1.82, 2.24) is 0 Å². The van der Waals surface area contributed by atoms with Crippen molar-refractivity contribution >= 4 is 0 Å². The van der Waals surface area contributed by atoms with E-state index < -0.39 is 0 Å². The lowest BCUT2D eigenvalue weighted by Gasteiger charge is -2.22. The van der Waals surface area contributed by atoms with Crippen molar-refractivity contribution in [1.29, 1.82) is 0 Å². The summed E-state index contributed by atoms with van der Waals surface area (Å²) in [6.45, 7) is 4.15. The van der Waals surface area contributed by atoms with Crippen LogP contribution in [0, 0.1) is 5.41 Å². The molecule has 0 unspecified atom stereocenters. The van der Waals surface area contributed by atoms with E-state index in [1.54, 1.807) is 0 Å². The number of aliphatic hydroxyl groups is 2. The summed E-state index contributed by atoms with van der Waals surface area (Å²) in [5, 5.41) is 16.7. The number of rotatable bonds is 6.